The van der Waals surface area contributed by atoms with Crippen molar-refractivity contribution in [1.29, 1.82) is 0 Å². The molecule has 6 heterocycles. The minimum absolute atomic E-state index is 0.859. The summed E-state index contributed by atoms with van der Waals surface area (Å²) in [6, 6.07) is 0. The average molecular weight is 1000 g/mol. The summed E-state index contributed by atoms with van der Waals surface area (Å²) in [6.07, 6.45) is -59.6. The van der Waals surface area contributed by atoms with E-state index in [0.717, 1.165) is 0 Å². The molecule has 0 bridgehead atoms. The van der Waals surface area contributed by atoms with Crippen LogP contribution in [-0.4, -0.2) is 325 Å². The molecule has 6 fully saturated rings. The molecule has 68 heavy (non-hydrogen) atoms. The molecule has 0 aliphatic carbocycles. The van der Waals surface area contributed by atoms with Crippen molar-refractivity contribution in [1.82, 2.24) is 0 Å². The monoisotopic (exact) mass is 1000 g/mol. The second kappa shape index (κ2) is 23.4. The third-order valence-corrected chi connectivity index (χ3v) is 12.4. The fourth-order valence-corrected chi connectivity index (χ4v) is 8.49. The zero-order valence-electron chi connectivity index (χ0n) is 35.2. The van der Waals surface area contributed by atoms with Crippen molar-refractivity contribution in [3.05, 3.63) is 0 Å². The van der Waals surface area contributed by atoms with E-state index in [9.17, 15) is 107 Å². The predicted molar refractivity (Wildman–Crippen MR) is 200 cm³/mol. The quantitative estimate of drug-likeness (QED) is 0.0683. The first-order chi connectivity index (χ1) is 32.1. The first-order valence-electron chi connectivity index (χ1n) is 21.1. The summed E-state index contributed by atoms with van der Waals surface area (Å²) >= 11 is 0. The van der Waals surface area contributed by atoms with Gasteiger partial charge < -0.3 is 154 Å². The Hall–Kier alpha value is -1.73. The van der Waals surface area contributed by atoms with Crippen LogP contribution in [0.5, 0.6) is 0 Å². The maximum Gasteiger partial charge on any atom is 0.335 e. The fourth-order valence-electron chi connectivity index (χ4n) is 8.49. The van der Waals surface area contributed by atoms with Gasteiger partial charge in [-0.25, -0.2) is 4.79 Å². The summed E-state index contributed by atoms with van der Waals surface area (Å²) < 4.78 is 59.7. The van der Waals surface area contributed by atoms with Crippen LogP contribution in [0.3, 0.4) is 0 Å². The molecule has 6 aliphatic heterocycles. The van der Waals surface area contributed by atoms with Crippen LogP contribution >= 0.6 is 0 Å². The molecule has 6 aliphatic rings. The molecule has 17 unspecified atom stereocenters. The third-order valence-electron chi connectivity index (χ3n) is 12.4. The van der Waals surface area contributed by atoms with E-state index in [1.54, 1.807) is 0 Å². The zero-order valence-corrected chi connectivity index (χ0v) is 35.2. The summed E-state index contributed by atoms with van der Waals surface area (Å²) in [7, 11) is 0. The highest BCUT2D eigenvalue weighted by Crippen LogP contribution is 2.36. The number of ether oxygens (including phenoxy) is 11. The molecule has 32 heteroatoms. The van der Waals surface area contributed by atoms with Gasteiger partial charge in [0.05, 0.1) is 33.0 Å². The Bertz CT molecular complexity index is 1580. The van der Waals surface area contributed by atoms with Gasteiger partial charge >= 0.3 is 5.97 Å². The average Bonchev–Trinajstić information content (AvgIpc) is 3.32. The predicted octanol–water partition coefficient (Wildman–Crippen LogP) is -14.0. The molecule has 0 saturated carbocycles. The zero-order chi connectivity index (χ0) is 50.2. The van der Waals surface area contributed by atoms with Crippen molar-refractivity contribution in [3.63, 3.8) is 0 Å². The number of aliphatic hydroxyl groups is 19. The normalized spacial score (nSPS) is 52.7. The van der Waals surface area contributed by atoms with Crippen LogP contribution in [0.4, 0.5) is 0 Å². The summed E-state index contributed by atoms with van der Waals surface area (Å²) in [4.78, 5) is 12.5. The molecule has 0 amide bonds. The van der Waals surface area contributed by atoms with E-state index >= 15 is 0 Å². The van der Waals surface area contributed by atoms with Gasteiger partial charge in [-0.15, -0.1) is 0 Å². The smallest absolute Gasteiger partial charge is 0.335 e. The SMILES string of the molecule is O=C(O)C1O[C@@H](O[C@@H]2C(CO)O[C@@H](O[C@@H]3C(CO)O[C@H](O[C@H]4C(CO)O[C@H](O)C(O)C4O)C(O)C3O)C(O)C2O)C(O)C(O)[C@@H]1O[C@H]1OC(CO)[C@H](O[C@H]2OC(CO)[C@@H](O)C(O)C2O)C(O)[C@@H]1O. The van der Waals surface area contributed by atoms with Crippen LogP contribution in [0.15, 0.2) is 0 Å². The maximum absolute atomic E-state index is 12.5. The van der Waals surface area contributed by atoms with Crippen LogP contribution in [0, 0.1) is 0 Å². The highest BCUT2D eigenvalue weighted by atomic mass is 16.8. The van der Waals surface area contributed by atoms with Crippen molar-refractivity contribution in [2.75, 3.05) is 33.0 Å². The van der Waals surface area contributed by atoms with Crippen molar-refractivity contribution in [3.8, 4) is 0 Å². The topological polar surface area (TPSA) is 523 Å². The number of hydrogen-bond acceptors (Lipinski definition) is 31. The van der Waals surface area contributed by atoms with Crippen LogP contribution < -0.4 is 0 Å². The number of carbonyl (C=O) groups is 1. The minimum atomic E-state index is -2.36. The van der Waals surface area contributed by atoms with E-state index in [2.05, 4.69) is 0 Å². The second-order valence-corrected chi connectivity index (χ2v) is 16.8. The van der Waals surface area contributed by atoms with Gasteiger partial charge in [0.15, 0.2) is 43.8 Å². The Morgan fingerprint density at radius 2 is 0.574 bits per heavy atom. The molecule has 6 rings (SSSR count). The lowest BCUT2D eigenvalue weighted by atomic mass is 9.95. The van der Waals surface area contributed by atoms with Gasteiger partial charge in [0.2, 0.25) is 0 Å². The first-order valence-corrected chi connectivity index (χ1v) is 21.1. The first kappa shape index (κ1) is 55.6. The standard InChI is InChI=1S/C36H60O32/c37-1-6-11(42)12(43)19(50)32(59-6)64-25-9(4-40)62-35(22(53)16(25)47)67-28-17(48)23(54)36(68-29(28)30(55)56)66-27-10(5-41)61-34(21(52)15(27)46)65-26-8(3-39)60-33(20(51)14(26)45)63-24-7(2-38)58-31(57)18(49)13(24)44/h6-29,31-54,57H,1-5H2,(H,55,56)/t6?,7?,8?,9?,10?,11-,12?,13?,14?,15?,16?,17?,18?,19?,20?,21?,22+,23?,24+,25+,26-,27-,28+,29?,31+,32-,33-,34+,35-,36-/m1/s1. The summed E-state index contributed by atoms with van der Waals surface area (Å²) in [5.74, 6) is -1.91. The van der Waals surface area contributed by atoms with E-state index in [4.69, 9.17) is 52.1 Å². The lowest BCUT2D eigenvalue weighted by Gasteiger charge is -2.49. The van der Waals surface area contributed by atoms with Gasteiger partial charge in [-0.3, -0.25) is 0 Å². The number of carboxylic acids is 1. The molecule has 30 atom stereocenters. The molecular weight excluding hydrogens is 944 g/mol. The maximum atomic E-state index is 12.5. The molecule has 32 nitrogen and oxygen atoms in total. The van der Waals surface area contributed by atoms with Crippen LogP contribution in [0.25, 0.3) is 0 Å². The summed E-state index contributed by atoms with van der Waals surface area (Å²) in [5.41, 5.74) is 0. The molecule has 0 spiro atoms. The van der Waals surface area contributed by atoms with E-state index in [0.29, 0.717) is 0 Å². The van der Waals surface area contributed by atoms with Gasteiger partial charge in [-0.05, 0) is 0 Å². The van der Waals surface area contributed by atoms with Crippen LogP contribution in [-0.2, 0) is 56.9 Å². The molecule has 20 N–H and O–H groups in total. The lowest BCUT2D eigenvalue weighted by Crippen LogP contribution is -2.68. The second-order valence-electron chi connectivity index (χ2n) is 16.8. The molecule has 0 aromatic rings. The van der Waals surface area contributed by atoms with E-state index in [1.165, 1.54) is 0 Å². The number of aliphatic hydroxyl groups excluding tert-OH is 19. The highest BCUT2D eigenvalue weighted by molar-refractivity contribution is 5.73. The van der Waals surface area contributed by atoms with Gasteiger partial charge in [0.25, 0.3) is 0 Å². The van der Waals surface area contributed by atoms with Crippen molar-refractivity contribution < 1.29 is 159 Å². The number of aliphatic carboxylic acids is 1. The number of rotatable bonds is 16. The summed E-state index contributed by atoms with van der Waals surface area (Å²) in [6.45, 7) is -4.86. The van der Waals surface area contributed by atoms with Crippen molar-refractivity contribution in [2.45, 2.75) is 184 Å². The molecule has 6 saturated heterocycles. The Labute approximate surface area is 382 Å². The van der Waals surface area contributed by atoms with Gasteiger partial charge in [-0.1, -0.05) is 0 Å². The highest BCUT2D eigenvalue weighted by Gasteiger charge is 2.58. The number of hydrogen-bond donors (Lipinski definition) is 20. The Balaban J connectivity index is 1.09. The molecular formula is C36H60O32. The summed E-state index contributed by atoms with van der Waals surface area (Å²) in [5, 5.41) is 209. The minimum Gasteiger partial charge on any atom is -0.479 e. The molecule has 0 aromatic heterocycles. The van der Waals surface area contributed by atoms with E-state index in [-0.39, 0.29) is 0 Å². The van der Waals surface area contributed by atoms with Gasteiger partial charge in [0, 0.05) is 0 Å². The largest absolute Gasteiger partial charge is 0.479 e. The van der Waals surface area contributed by atoms with Crippen molar-refractivity contribution in [2.24, 2.45) is 0 Å². The van der Waals surface area contributed by atoms with Gasteiger partial charge in [0.1, 0.15) is 140 Å². The molecule has 396 valence electrons. The Morgan fingerprint density at radius 3 is 0.912 bits per heavy atom. The van der Waals surface area contributed by atoms with Crippen LogP contribution in [0.1, 0.15) is 0 Å². The van der Waals surface area contributed by atoms with Crippen LogP contribution in [0.2, 0.25) is 0 Å². The Morgan fingerprint density at radius 1 is 0.309 bits per heavy atom. The van der Waals surface area contributed by atoms with E-state index in [1.807, 2.05) is 0 Å². The third kappa shape index (κ3) is 11.1. The lowest BCUT2D eigenvalue weighted by molar-refractivity contribution is -0.393. The molecule has 0 radical (unpaired) electrons. The van der Waals surface area contributed by atoms with Gasteiger partial charge in [-0.2, -0.15) is 0 Å². The van der Waals surface area contributed by atoms with E-state index < -0.39 is 223 Å². The Kier molecular flexibility index (Phi) is 19.2. The van der Waals surface area contributed by atoms with Crippen molar-refractivity contribution >= 4 is 5.97 Å². The number of carboxylic acid groups (broad SMARTS) is 1. The molecule has 0 aromatic carbocycles. The fraction of sp³-hybridized carbons (Fsp3) is 0.972.